The summed E-state index contributed by atoms with van der Waals surface area (Å²) in [4.78, 5) is 33.8. The third-order valence-corrected chi connectivity index (χ3v) is 6.17. The molecule has 4 rings (SSSR count). The van der Waals surface area contributed by atoms with Crippen LogP contribution in [0.4, 0.5) is 26.4 Å². The normalized spacial score (nSPS) is 13.5. The molecule has 1 aliphatic heterocycles. The van der Waals surface area contributed by atoms with Crippen LogP contribution < -0.4 is 25.0 Å². The Hall–Kier alpha value is -4.34. The second kappa shape index (κ2) is 11.6. The smallest absolute Gasteiger partial charge is 0.323 e. The van der Waals surface area contributed by atoms with E-state index < -0.39 is 6.03 Å². The number of anilines is 3. The summed E-state index contributed by atoms with van der Waals surface area (Å²) >= 11 is 0. The van der Waals surface area contributed by atoms with E-state index in [1.165, 1.54) is 6.07 Å². The lowest BCUT2D eigenvalue weighted by Gasteiger charge is -2.23. The van der Waals surface area contributed by atoms with E-state index in [1.54, 1.807) is 63.7 Å². The van der Waals surface area contributed by atoms with Crippen molar-refractivity contribution in [2.75, 3.05) is 55.9 Å². The summed E-state index contributed by atoms with van der Waals surface area (Å²) in [6, 6.07) is 12.8. The van der Waals surface area contributed by atoms with Crippen molar-refractivity contribution in [1.29, 1.82) is 0 Å². The highest BCUT2D eigenvalue weighted by atomic mass is 19.1. The third-order valence-electron chi connectivity index (χ3n) is 6.17. The average Bonchev–Trinajstić information content (AvgIpc) is 3.17. The fourth-order valence-electron chi connectivity index (χ4n) is 4.11. The van der Waals surface area contributed by atoms with Gasteiger partial charge in [-0.2, -0.15) is 0 Å². The number of aryl methyl sites for hydroxylation is 1. The highest BCUT2D eigenvalue weighted by molar-refractivity contribution is 5.99. The Labute approximate surface area is 215 Å². The lowest BCUT2D eigenvalue weighted by atomic mass is 10.1. The predicted molar refractivity (Wildman–Crippen MR) is 140 cm³/mol. The molecule has 10 heteroatoms. The Balaban J connectivity index is 1.34. The van der Waals surface area contributed by atoms with Crippen LogP contribution in [0, 0.1) is 12.7 Å². The number of carbonyl (C=O) groups is 2. The standard InChI is InChI=1S/C27H30FN5O4/c1-18-5-7-20(16-22(18)28)30-27(35)31-21-8-10-25(29-17-21)32-11-4-12-33(14-13-32)26(34)19-6-9-23(36-2)24(15-19)37-3/h5-10,15-17H,4,11-14H2,1-3H3,(H2,30,31,35). The molecule has 3 amide bonds. The van der Waals surface area contributed by atoms with E-state index in [1.807, 2.05) is 11.0 Å². The van der Waals surface area contributed by atoms with Crippen molar-refractivity contribution in [3.05, 3.63) is 71.7 Å². The molecule has 2 aromatic carbocycles. The predicted octanol–water partition coefficient (Wildman–Crippen LogP) is 4.54. The highest BCUT2D eigenvalue weighted by Gasteiger charge is 2.22. The molecule has 1 fully saturated rings. The maximum atomic E-state index is 13.7. The molecule has 1 aliphatic rings. The molecule has 194 valence electrons. The molecule has 0 unspecified atom stereocenters. The minimum absolute atomic E-state index is 0.0604. The molecule has 3 aromatic rings. The zero-order chi connectivity index (χ0) is 26.4. The molecule has 0 aliphatic carbocycles. The molecule has 1 saturated heterocycles. The van der Waals surface area contributed by atoms with E-state index in [-0.39, 0.29) is 11.7 Å². The Morgan fingerprint density at radius 3 is 2.35 bits per heavy atom. The van der Waals surface area contributed by atoms with Crippen LogP contribution in [0.15, 0.2) is 54.7 Å². The van der Waals surface area contributed by atoms with Gasteiger partial charge in [0.05, 0.1) is 26.1 Å². The molecule has 0 spiro atoms. The van der Waals surface area contributed by atoms with Gasteiger partial charge in [-0.3, -0.25) is 4.79 Å². The SMILES string of the molecule is COc1ccc(C(=O)N2CCCN(c3ccc(NC(=O)Nc4ccc(C)c(F)c4)cn3)CC2)cc1OC. The van der Waals surface area contributed by atoms with E-state index in [0.717, 1.165) is 18.8 Å². The topological polar surface area (TPSA) is 96.0 Å². The Kier molecular flexibility index (Phi) is 8.07. The number of rotatable bonds is 6. The number of halogens is 1. The van der Waals surface area contributed by atoms with Crippen LogP contribution in [-0.2, 0) is 0 Å². The maximum absolute atomic E-state index is 13.7. The first-order valence-electron chi connectivity index (χ1n) is 11.9. The van der Waals surface area contributed by atoms with Crippen LogP contribution in [0.25, 0.3) is 0 Å². The molecule has 1 aromatic heterocycles. The number of aromatic nitrogens is 1. The summed E-state index contributed by atoms with van der Waals surface area (Å²) in [6.45, 7) is 4.20. The van der Waals surface area contributed by atoms with Crippen molar-refractivity contribution in [3.8, 4) is 11.5 Å². The van der Waals surface area contributed by atoms with Gasteiger partial charge in [0.1, 0.15) is 11.6 Å². The zero-order valence-corrected chi connectivity index (χ0v) is 21.1. The monoisotopic (exact) mass is 507 g/mol. The molecule has 2 heterocycles. The van der Waals surface area contributed by atoms with E-state index in [2.05, 4.69) is 20.5 Å². The first kappa shape index (κ1) is 25.7. The number of ether oxygens (including phenoxy) is 2. The second-order valence-corrected chi connectivity index (χ2v) is 8.65. The number of hydrogen-bond donors (Lipinski definition) is 2. The van der Waals surface area contributed by atoms with E-state index in [9.17, 15) is 14.0 Å². The summed E-state index contributed by atoms with van der Waals surface area (Å²) in [7, 11) is 3.10. The fourth-order valence-corrected chi connectivity index (χ4v) is 4.11. The number of pyridine rings is 1. The van der Waals surface area contributed by atoms with Crippen LogP contribution in [0.2, 0.25) is 0 Å². The van der Waals surface area contributed by atoms with Crippen LogP contribution >= 0.6 is 0 Å². The van der Waals surface area contributed by atoms with Crippen molar-refractivity contribution < 1.29 is 23.5 Å². The van der Waals surface area contributed by atoms with Gasteiger partial charge in [0.15, 0.2) is 11.5 Å². The molecule has 2 N–H and O–H groups in total. The van der Waals surface area contributed by atoms with Gasteiger partial charge >= 0.3 is 6.03 Å². The van der Waals surface area contributed by atoms with Crippen molar-refractivity contribution in [2.45, 2.75) is 13.3 Å². The van der Waals surface area contributed by atoms with Gasteiger partial charge in [-0.15, -0.1) is 0 Å². The first-order chi connectivity index (χ1) is 17.9. The summed E-state index contributed by atoms with van der Waals surface area (Å²) in [5.74, 6) is 1.40. The summed E-state index contributed by atoms with van der Waals surface area (Å²) in [5, 5.41) is 5.31. The lowest BCUT2D eigenvalue weighted by Crippen LogP contribution is -2.35. The van der Waals surface area contributed by atoms with Crippen molar-refractivity contribution in [3.63, 3.8) is 0 Å². The summed E-state index contributed by atoms with van der Waals surface area (Å²) in [6.07, 6.45) is 2.36. The van der Waals surface area contributed by atoms with E-state index >= 15 is 0 Å². The quantitative estimate of drug-likeness (QED) is 0.509. The van der Waals surface area contributed by atoms with Gasteiger partial charge in [0.25, 0.3) is 5.91 Å². The zero-order valence-electron chi connectivity index (χ0n) is 21.1. The molecule has 0 radical (unpaired) electrons. The number of nitrogens with zero attached hydrogens (tertiary/aromatic N) is 3. The fraction of sp³-hybridized carbons (Fsp3) is 0.296. The van der Waals surface area contributed by atoms with Crippen LogP contribution in [0.3, 0.4) is 0 Å². The van der Waals surface area contributed by atoms with Crippen LogP contribution in [0.5, 0.6) is 11.5 Å². The Bertz CT molecular complexity index is 1270. The third kappa shape index (κ3) is 6.27. The number of hydrogen-bond acceptors (Lipinski definition) is 6. The first-order valence-corrected chi connectivity index (χ1v) is 11.9. The number of urea groups is 1. The maximum Gasteiger partial charge on any atom is 0.323 e. The van der Waals surface area contributed by atoms with Crippen molar-refractivity contribution >= 4 is 29.1 Å². The molecule has 0 atom stereocenters. The molecular weight excluding hydrogens is 477 g/mol. The van der Waals surface area contributed by atoms with Gasteiger partial charge in [-0.05, 0) is 61.4 Å². The highest BCUT2D eigenvalue weighted by Crippen LogP contribution is 2.28. The minimum Gasteiger partial charge on any atom is -0.493 e. The van der Waals surface area contributed by atoms with E-state index in [4.69, 9.17) is 9.47 Å². The van der Waals surface area contributed by atoms with Crippen molar-refractivity contribution in [2.24, 2.45) is 0 Å². The molecule has 0 bridgehead atoms. The average molecular weight is 508 g/mol. The largest absolute Gasteiger partial charge is 0.493 e. The van der Waals surface area contributed by atoms with Crippen LogP contribution in [0.1, 0.15) is 22.3 Å². The van der Waals surface area contributed by atoms with Gasteiger partial charge < -0.3 is 29.9 Å². The summed E-state index contributed by atoms with van der Waals surface area (Å²) in [5.41, 5.74) is 1.93. The number of carbonyl (C=O) groups excluding carboxylic acids is 2. The summed E-state index contributed by atoms with van der Waals surface area (Å²) < 4.78 is 24.3. The van der Waals surface area contributed by atoms with E-state index in [0.29, 0.717) is 53.6 Å². The molecule has 9 nitrogen and oxygen atoms in total. The second-order valence-electron chi connectivity index (χ2n) is 8.65. The minimum atomic E-state index is -0.489. The van der Waals surface area contributed by atoms with Crippen molar-refractivity contribution in [1.82, 2.24) is 9.88 Å². The van der Waals surface area contributed by atoms with Gasteiger partial charge in [-0.1, -0.05) is 6.07 Å². The molecular formula is C27H30FN5O4. The van der Waals surface area contributed by atoms with Gasteiger partial charge in [0, 0.05) is 37.4 Å². The molecule has 37 heavy (non-hydrogen) atoms. The Morgan fingerprint density at radius 2 is 1.65 bits per heavy atom. The number of amides is 3. The number of nitrogens with one attached hydrogen (secondary N) is 2. The van der Waals surface area contributed by atoms with Crippen LogP contribution in [-0.4, -0.2) is 62.2 Å². The number of methoxy groups -OCH3 is 2. The lowest BCUT2D eigenvalue weighted by molar-refractivity contribution is 0.0766. The molecule has 0 saturated carbocycles. The Morgan fingerprint density at radius 1 is 0.892 bits per heavy atom. The number of benzene rings is 2. The van der Waals surface area contributed by atoms with Gasteiger partial charge in [-0.25, -0.2) is 14.2 Å². The van der Waals surface area contributed by atoms with Gasteiger partial charge in [0.2, 0.25) is 0 Å².